The first-order valence-electron chi connectivity index (χ1n) is 7.60. The highest BCUT2D eigenvalue weighted by molar-refractivity contribution is 7.89. The predicted octanol–water partition coefficient (Wildman–Crippen LogP) is 2.77. The molecule has 0 saturated heterocycles. The van der Waals surface area contributed by atoms with E-state index in [0.717, 1.165) is 16.7 Å². The first kappa shape index (κ1) is 17.6. The van der Waals surface area contributed by atoms with Gasteiger partial charge in [0.15, 0.2) is 0 Å². The molecule has 1 N–H and O–H groups in total. The molecule has 2 aromatic carbocycles. The highest BCUT2D eigenvalue weighted by Crippen LogP contribution is 2.22. The molecule has 0 unspecified atom stereocenters. The van der Waals surface area contributed by atoms with E-state index >= 15 is 0 Å². The second-order valence-corrected chi connectivity index (χ2v) is 7.81. The summed E-state index contributed by atoms with van der Waals surface area (Å²) in [7, 11) is -3.66. The van der Waals surface area contributed by atoms with Gasteiger partial charge in [0.25, 0.3) is 0 Å². The molecular weight excluding hydrogens is 360 g/mol. The van der Waals surface area contributed by atoms with Crippen molar-refractivity contribution in [3.63, 3.8) is 0 Å². The second-order valence-electron chi connectivity index (χ2n) is 5.67. The zero-order chi connectivity index (χ0) is 17.9. The lowest BCUT2D eigenvalue weighted by atomic mass is 10.1. The quantitative estimate of drug-likeness (QED) is 0.717. The fourth-order valence-electron chi connectivity index (χ4n) is 2.34. The minimum atomic E-state index is -3.66. The van der Waals surface area contributed by atoms with E-state index in [9.17, 15) is 8.42 Å². The molecule has 0 aliphatic heterocycles. The van der Waals surface area contributed by atoms with Crippen LogP contribution >= 0.6 is 11.6 Å². The molecule has 3 rings (SSSR count). The van der Waals surface area contributed by atoms with Crippen LogP contribution in [0.25, 0.3) is 0 Å². The van der Waals surface area contributed by atoms with Gasteiger partial charge in [-0.2, -0.15) is 5.10 Å². The molecule has 0 spiro atoms. The first-order chi connectivity index (χ1) is 11.9. The van der Waals surface area contributed by atoms with Gasteiger partial charge in [0, 0.05) is 6.54 Å². The Morgan fingerprint density at radius 3 is 2.48 bits per heavy atom. The van der Waals surface area contributed by atoms with Crippen molar-refractivity contribution in [3.8, 4) is 0 Å². The zero-order valence-electron chi connectivity index (χ0n) is 13.6. The maximum absolute atomic E-state index is 12.4. The minimum absolute atomic E-state index is 0.0857. The summed E-state index contributed by atoms with van der Waals surface area (Å²) in [6.07, 6.45) is 3.13. The molecule has 0 aliphatic rings. The summed E-state index contributed by atoms with van der Waals surface area (Å²) in [5.41, 5.74) is 2.82. The molecule has 0 radical (unpaired) electrons. The molecule has 3 aromatic rings. The van der Waals surface area contributed by atoms with Gasteiger partial charge >= 0.3 is 0 Å². The van der Waals surface area contributed by atoms with Crippen LogP contribution in [0.5, 0.6) is 0 Å². The van der Waals surface area contributed by atoms with Crippen LogP contribution < -0.4 is 4.72 Å². The molecule has 6 nitrogen and oxygen atoms in total. The summed E-state index contributed by atoms with van der Waals surface area (Å²) in [6, 6.07) is 12.5. The van der Waals surface area contributed by atoms with Gasteiger partial charge in [-0.3, -0.25) is 0 Å². The molecule has 1 aromatic heterocycles. The van der Waals surface area contributed by atoms with Crippen molar-refractivity contribution in [2.45, 2.75) is 24.9 Å². The van der Waals surface area contributed by atoms with Crippen molar-refractivity contribution in [3.05, 3.63) is 76.8 Å². The standard InChI is InChI=1S/C17H17ClN4O2S/c1-13-2-7-17(16(18)8-13)25(23,24)21-9-14-3-5-15(6-4-14)10-22-12-19-11-20-22/h2-8,11-12,21H,9-10H2,1H3. The largest absolute Gasteiger partial charge is 0.249 e. The van der Waals surface area contributed by atoms with E-state index in [1.54, 1.807) is 23.1 Å². The predicted molar refractivity (Wildman–Crippen MR) is 95.8 cm³/mol. The summed E-state index contributed by atoms with van der Waals surface area (Å²) in [4.78, 5) is 3.98. The normalized spacial score (nSPS) is 11.6. The van der Waals surface area contributed by atoms with E-state index in [1.807, 2.05) is 31.2 Å². The molecule has 8 heteroatoms. The maximum Gasteiger partial charge on any atom is 0.242 e. The lowest BCUT2D eigenvalue weighted by molar-refractivity contribution is 0.581. The molecule has 0 bridgehead atoms. The lowest BCUT2D eigenvalue weighted by Gasteiger charge is -2.09. The number of sulfonamides is 1. The highest BCUT2D eigenvalue weighted by Gasteiger charge is 2.17. The average molecular weight is 377 g/mol. The van der Waals surface area contributed by atoms with Crippen molar-refractivity contribution >= 4 is 21.6 Å². The summed E-state index contributed by atoms with van der Waals surface area (Å²) in [6.45, 7) is 2.66. The Bertz CT molecular complexity index is 955. The second kappa shape index (κ2) is 7.35. The van der Waals surface area contributed by atoms with Crippen LogP contribution in [0.2, 0.25) is 5.02 Å². The van der Waals surface area contributed by atoms with Crippen molar-refractivity contribution in [2.24, 2.45) is 0 Å². The topological polar surface area (TPSA) is 76.9 Å². The van der Waals surface area contributed by atoms with E-state index in [-0.39, 0.29) is 16.5 Å². The van der Waals surface area contributed by atoms with Crippen LogP contribution in [0.1, 0.15) is 16.7 Å². The third-order valence-corrected chi connectivity index (χ3v) is 5.56. The van der Waals surface area contributed by atoms with E-state index in [4.69, 9.17) is 11.6 Å². The van der Waals surface area contributed by atoms with Gasteiger partial charge in [-0.05, 0) is 35.7 Å². The summed E-state index contributed by atoms with van der Waals surface area (Å²) in [5, 5.41) is 4.27. The van der Waals surface area contributed by atoms with Crippen LogP contribution in [-0.2, 0) is 23.1 Å². The Labute approximate surface area is 151 Å². The third-order valence-electron chi connectivity index (χ3n) is 3.68. The van der Waals surface area contributed by atoms with Gasteiger partial charge in [-0.25, -0.2) is 22.8 Å². The van der Waals surface area contributed by atoms with E-state index < -0.39 is 10.0 Å². The van der Waals surface area contributed by atoms with Gasteiger partial charge < -0.3 is 0 Å². The lowest BCUT2D eigenvalue weighted by Crippen LogP contribution is -2.23. The molecule has 0 fully saturated rings. The Hall–Kier alpha value is -2.22. The van der Waals surface area contributed by atoms with Crippen molar-refractivity contribution in [2.75, 3.05) is 0 Å². The van der Waals surface area contributed by atoms with Crippen LogP contribution in [0.4, 0.5) is 0 Å². The van der Waals surface area contributed by atoms with E-state index in [2.05, 4.69) is 14.8 Å². The Morgan fingerprint density at radius 1 is 1.12 bits per heavy atom. The number of nitrogens with zero attached hydrogens (tertiary/aromatic N) is 3. The number of hydrogen-bond acceptors (Lipinski definition) is 4. The van der Waals surface area contributed by atoms with Crippen molar-refractivity contribution in [1.82, 2.24) is 19.5 Å². The monoisotopic (exact) mass is 376 g/mol. The van der Waals surface area contributed by atoms with Crippen LogP contribution in [0, 0.1) is 6.92 Å². The zero-order valence-corrected chi connectivity index (χ0v) is 15.1. The maximum atomic E-state index is 12.4. The number of rotatable bonds is 6. The molecule has 0 atom stereocenters. The van der Waals surface area contributed by atoms with Gasteiger partial charge in [0.05, 0.1) is 11.6 Å². The number of aromatic nitrogens is 3. The minimum Gasteiger partial charge on any atom is -0.249 e. The fourth-order valence-corrected chi connectivity index (χ4v) is 3.96. The molecule has 130 valence electrons. The van der Waals surface area contributed by atoms with Gasteiger partial charge in [0.2, 0.25) is 10.0 Å². The number of benzene rings is 2. The van der Waals surface area contributed by atoms with Crippen LogP contribution in [0.15, 0.2) is 60.0 Å². The van der Waals surface area contributed by atoms with E-state index in [0.29, 0.717) is 6.54 Å². The number of nitrogens with one attached hydrogen (secondary N) is 1. The summed E-state index contributed by atoms with van der Waals surface area (Å²) < 4.78 is 29.1. The average Bonchev–Trinajstić information content (AvgIpc) is 3.07. The smallest absolute Gasteiger partial charge is 0.242 e. The van der Waals surface area contributed by atoms with Crippen molar-refractivity contribution < 1.29 is 8.42 Å². The number of aryl methyl sites for hydroxylation is 1. The molecular formula is C17H17ClN4O2S. The molecule has 1 heterocycles. The van der Waals surface area contributed by atoms with Crippen LogP contribution in [-0.4, -0.2) is 23.2 Å². The third kappa shape index (κ3) is 4.45. The number of halogens is 1. The van der Waals surface area contributed by atoms with Gasteiger partial charge in [-0.1, -0.05) is 41.9 Å². The Balaban J connectivity index is 1.66. The van der Waals surface area contributed by atoms with E-state index in [1.165, 1.54) is 12.4 Å². The summed E-state index contributed by atoms with van der Waals surface area (Å²) in [5.74, 6) is 0. The Morgan fingerprint density at radius 2 is 1.84 bits per heavy atom. The molecule has 0 saturated carbocycles. The van der Waals surface area contributed by atoms with Crippen molar-refractivity contribution in [1.29, 1.82) is 0 Å². The number of hydrogen-bond donors (Lipinski definition) is 1. The molecule has 0 aliphatic carbocycles. The Kier molecular flexibility index (Phi) is 5.17. The van der Waals surface area contributed by atoms with Gasteiger partial charge in [-0.15, -0.1) is 0 Å². The molecule has 25 heavy (non-hydrogen) atoms. The fraction of sp³-hybridized carbons (Fsp3) is 0.176. The highest BCUT2D eigenvalue weighted by atomic mass is 35.5. The van der Waals surface area contributed by atoms with Crippen LogP contribution in [0.3, 0.4) is 0 Å². The molecule has 0 amide bonds. The SMILES string of the molecule is Cc1ccc(S(=O)(=O)NCc2ccc(Cn3cncn3)cc2)c(Cl)c1. The summed E-state index contributed by atoms with van der Waals surface area (Å²) >= 11 is 6.05. The van der Waals surface area contributed by atoms with Gasteiger partial charge in [0.1, 0.15) is 17.6 Å². The first-order valence-corrected chi connectivity index (χ1v) is 9.46.